The Morgan fingerprint density at radius 3 is 2.00 bits per heavy atom. The van der Waals surface area contributed by atoms with Crippen LogP contribution in [0.5, 0.6) is 0 Å². The SMILES string of the molecule is CC(C)(C)c1ccc(C2(C#N)CC3(CCC3)C2)cc1. The lowest BCUT2D eigenvalue weighted by Gasteiger charge is -2.58. The Kier molecular flexibility index (Phi) is 2.58. The lowest BCUT2D eigenvalue weighted by molar-refractivity contribution is -0.0227. The molecule has 0 atom stereocenters. The van der Waals surface area contributed by atoms with Gasteiger partial charge in [-0.2, -0.15) is 5.26 Å². The van der Waals surface area contributed by atoms with Crippen LogP contribution >= 0.6 is 0 Å². The highest BCUT2D eigenvalue weighted by atomic mass is 14.6. The van der Waals surface area contributed by atoms with Crippen molar-refractivity contribution in [2.75, 3.05) is 0 Å². The zero-order chi connectivity index (χ0) is 13.7. The lowest BCUT2D eigenvalue weighted by atomic mass is 9.44. The normalized spacial score (nSPS) is 23.3. The van der Waals surface area contributed by atoms with Crippen LogP contribution in [-0.2, 0) is 10.8 Å². The van der Waals surface area contributed by atoms with Crippen molar-refractivity contribution in [3.8, 4) is 6.07 Å². The minimum Gasteiger partial charge on any atom is -0.197 e. The molecule has 1 spiro atoms. The summed E-state index contributed by atoms with van der Waals surface area (Å²) in [5.74, 6) is 0. The molecule has 0 unspecified atom stereocenters. The number of hydrogen-bond acceptors (Lipinski definition) is 1. The highest BCUT2D eigenvalue weighted by Gasteiger charge is 2.58. The first kappa shape index (κ1) is 12.7. The third-order valence-corrected chi connectivity index (χ3v) is 5.29. The fourth-order valence-corrected chi connectivity index (χ4v) is 3.90. The summed E-state index contributed by atoms with van der Waals surface area (Å²) in [5, 5.41) is 9.62. The van der Waals surface area contributed by atoms with Gasteiger partial charge in [0.25, 0.3) is 0 Å². The zero-order valence-corrected chi connectivity index (χ0v) is 12.3. The molecule has 1 heteroatoms. The molecule has 0 N–H and O–H groups in total. The molecule has 0 amide bonds. The van der Waals surface area contributed by atoms with Crippen LogP contribution in [0.25, 0.3) is 0 Å². The molecule has 2 aliphatic rings. The molecule has 2 fully saturated rings. The molecule has 1 aromatic carbocycles. The van der Waals surface area contributed by atoms with Gasteiger partial charge in [-0.05, 0) is 47.6 Å². The van der Waals surface area contributed by atoms with E-state index in [1.54, 1.807) is 0 Å². The van der Waals surface area contributed by atoms with Crippen LogP contribution in [0.3, 0.4) is 0 Å². The second-order valence-electron chi connectivity index (χ2n) is 7.73. The van der Waals surface area contributed by atoms with Crippen molar-refractivity contribution in [2.24, 2.45) is 5.41 Å². The van der Waals surface area contributed by atoms with Crippen LogP contribution in [0.15, 0.2) is 24.3 Å². The van der Waals surface area contributed by atoms with Gasteiger partial charge in [-0.1, -0.05) is 51.5 Å². The van der Waals surface area contributed by atoms with Crippen molar-refractivity contribution >= 4 is 0 Å². The predicted molar refractivity (Wildman–Crippen MR) is 78.0 cm³/mol. The maximum atomic E-state index is 9.62. The van der Waals surface area contributed by atoms with Gasteiger partial charge in [-0.15, -0.1) is 0 Å². The van der Waals surface area contributed by atoms with E-state index in [2.05, 4.69) is 51.1 Å². The first-order valence-electron chi connectivity index (χ1n) is 7.42. The first-order valence-corrected chi connectivity index (χ1v) is 7.42. The molecular weight excluding hydrogens is 230 g/mol. The molecule has 1 aromatic rings. The van der Waals surface area contributed by atoms with E-state index in [1.807, 2.05) is 0 Å². The molecule has 2 saturated carbocycles. The van der Waals surface area contributed by atoms with E-state index in [0.29, 0.717) is 5.41 Å². The smallest absolute Gasteiger partial charge is 0.0833 e. The summed E-state index contributed by atoms with van der Waals surface area (Å²) in [7, 11) is 0. The number of hydrogen-bond donors (Lipinski definition) is 0. The Morgan fingerprint density at radius 1 is 1.05 bits per heavy atom. The Hall–Kier alpha value is -1.29. The van der Waals surface area contributed by atoms with E-state index < -0.39 is 0 Å². The maximum Gasteiger partial charge on any atom is 0.0833 e. The van der Waals surface area contributed by atoms with Gasteiger partial charge >= 0.3 is 0 Å². The first-order chi connectivity index (χ1) is 8.89. The molecule has 3 rings (SSSR count). The van der Waals surface area contributed by atoms with Crippen molar-refractivity contribution in [1.29, 1.82) is 5.26 Å². The summed E-state index contributed by atoms with van der Waals surface area (Å²) >= 11 is 0. The van der Waals surface area contributed by atoms with Gasteiger partial charge in [0.15, 0.2) is 0 Å². The fourth-order valence-electron chi connectivity index (χ4n) is 3.90. The van der Waals surface area contributed by atoms with E-state index in [0.717, 1.165) is 12.8 Å². The van der Waals surface area contributed by atoms with Gasteiger partial charge in [-0.3, -0.25) is 0 Å². The summed E-state index contributed by atoms with van der Waals surface area (Å²) in [6.45, 7) is 6.69. The number of benzene rings is 1. The van der Waals surface area contributed by atoms with Crippen molar-refractivity contribution < 1.29 is 0 Å². The number of nitrogens with zero attached hydrogens (tertiary/aromatic N) is 1. The summed E-state index contributed by atoms with van der Waals surface area (Å²) < 4.78 is 0. The summed E-state index contributed by atoms with van der Waals surface area (Å²) in [6, 6.07) is 11.4. The van der Waals surface area contributed by atoms with Crippen LogP contribution in [0, 0.1) is 16.7 Å². The molecule has 19 heavy (non-hydrogen) atoms. The van der Waals surface area contributed by atoms with Gasteiger partial charge in [0.2, 0.25) is 0 Å². The predicted octanol–water partition coefficient (Wildman–Crippen LogP) is 4.71. The molecule has 0 heterocycles. The van der Waals surface area contributed by atoms with Crippen LogP contribution in [0.4, 0.5) is 0 Å². The molecular formula is C18H23N. The number of rotatable bonds is 1. The molecule has 1 nitrogen and oxygen atoms in total. The quantitative estimate of drug-likeness (QED) is 0.711. The average molecular weight is 253 g/mol. The summed E-state index contributed by atoms with van der Waals surface area (Å²) in [4.78, 5) is 0. The molecule has 0 aromatic heterocycles. The van der Waals surface area contributed by atoms with Crippen molar-refractivity contribution in [3.05, 3.63) is 35.4 Å². The Bertz CT molecular complexity index is 512. The van der Waals surface area contributed by atoms with Gasteiger partial charge in [0.1, 0.15) is 0 Å². The molecule has 0 saturated heterocycles. The second kappa shape index (κ2) is 3.85. The van der Waals surface area contributed by atoms with Gasteiger partial charge in [0.05, 0.1) is 11.5 Å². The largest absolute Gasteiger partial charge is 0.197 e. The van der Waals surface area contributed by atoms with E-state index >= 15 is 0 Å². The summed E-state index contributed by atoms with van der Waals surface area (Å²) in [5.41, 5.74) is 3.13. The van der Waals surface area contributed by atoms with E-state index in [1.165, 1.54) is 30.4 Å². The average Bonchev–Trinajstić information content (AvgIpc) is 2.26. The zero-order valence-electron chi connectivity index (χ0n) is 12.3. The Labute approximate surface area is 116 Å². The lowest BCUT2D eigenvalue weighted by Crippen LogP contribution is -2.52. The van der Waals surface area contributed by atoms with E-state index in [9.17, 15) is 5.26 Å². The summed E-state index contributed by atoms with van der Waals surface area (Å²) in [6.07, 6.45) is 6.23. The monoisotopic (exact) mass is 253 g/mol. The minimum absolute atomic E-state index is 0.184. The minimum atomic E-state index is -0.184. The molecule has 100 valence electrons. The van der Waals surface area contributed by atoms with Gasteiger partial charge in [0, 0.05) is 0 Å². The van der Waals surface area contributed by atoms with Crippen molar-refractivity contribution in [2.45, 2.75) is 63.7 Å². The third-order valence-electron chi connectivity index (χ3n) is 5.29. The Balaban J connectivity index is 1.84. The molecule has 2 aliphatic carbocycles. The topological polar surface area (TPSA) is 23.8 Å². The Morgan fingerprint density at radius 2 is 1.63 bits per heavy atom. The van der Waals surface area contributed by atoms with Crippen LogP contribution < -0.4 is 0 Å². The van der Waals surface area contributed by atoms with Crippen LogP contribution in [0.1, 0.15) is 64.0 Å². The van der Waals surface area contributed by atoms with Crippen LogP contribution in [0.2, 0.25) is 0 Å². The van der Waals surface area contributed by atoms with E-state index in [4.69, 9.17) is 0 Å². The highest BCUT2D eigenvalue weighted by molar-refractivity contribution is 5.41. The molecule has 0 bridgehead atoms. The van der Waals surface area contributed by atoms with Crippen LogP contribution in [-0.4, -0.2) is 0 Å². The van der Waals surface area contributed by atoms with Gasteiger partial charge in [-0.25, -0.2) is 0 Å². The van der Waals surface area contributed by atoms with Crippen molar-refractivity contribution in [1.82, 2.24) is 0 Å². The maximum absolute atomic E-state index is 9.62. The fraction of sp³-hybridized carbons (Fsp3) is 0.611. The molecule has 0 radical (unpaired) electrons. The highest BCUT2D eigenvalue weighted by Crippen LogP contribution is 2.64. The van der Waals surface area contributed by atoms with Gasteiger partial charge < -0.3 is 0 Å². The standard InChI is InChI=1S/C18H23N/c1-16(2,3)14-5-7-15(8-6-14)18(13-19)11-17(12-18)9-4-10-17/h5-8H,4,9-12H2,1-3H3. The molecule has 0 aliphatic heterocycles. The third kappa shape index (κ3) is 1.89. The van der Waals surface area contributed by atoms with E-state index in [-0.39, 0.29) is 10.8 Å². The second-order valence-corrected chi connectivity index (χ2v) is 7.73. The van der Waals surface area contributed by atoms with Crippen molar-refractivity contribution in [3.63, 3.8) is 0 Å². The number of nitriles is 1.